The summed E-state index contributed by atoms with van der Waals surface area (Å²) in [4.78, 5) is 23.8. The van der Waals surface area contributed by atoms with Gasteiger partial charge in [0, 0.05) is 10.0 Å². The fourth-order valence-electron chi connectivity index (χ4n) is 2.35. The highest BCUT2D eigenvalue weighted by molar-refractivity contribution is 9.10. The number of carboxylic acids is 1. The minimum absolute atomic E-state index is 0.0719. The van der Waals surface area contributed by atoms with Gasteiger partial charge in [-0.3, -0.25) is 4.79 Å². The average molecular weight is 405 g/mol. The van der Waals surface area contributed by atoms with Crippen LogP contribution in [0, 0.1) is 0 Å². The number of hydrogen-bond donors (Lipinski definition) is 2. The van der Waals surface area contributed by atoms with Crippen LogP contribution in [0.5, 0.6) is 0 Å². The molecule has 24 heavy (non-hydrogen) atoms. The van der Waals surface area contributed by atoms with Gasteiger partial charge in [0.1, 0.15) is 0 Å². The first kappa shape index (κ1) is 16.5. The molecule has 0 fully saturated rings. The highest BCUT2D eigenvalue weighted by Gasteiger charge is 2.16. The van der Waals surface area contributed by atoms with E-state index in [1.165, 1.54) is 12.1 Å². The number of amides is 1. The molecule has 3 rings (SSSR count). The maximum atomic E-state index is 12.5. The second-order valence-corrected chi connectivity index (χ2v) is 6.39. The number of rotatable bonds is 3. The predicted octanol–water partition coefficient (Wildman–Crippen LogP) is 5.21. The molecule has 0 radical (unpaired) electrons. The molecule has 0 unspecified atom stereocenters. The molecular weight excluding hydrogens is 394 g/mol. The Morgan fingerprint density at radius 2 is 1.71 bits per heavy atom. The lowest BCUT2D eigenvalue weighted by molar-refractivity contribution is 0.0698. The molecule has 0 bridgehead atoms. The summed E-state index contributed by atoms with van der Waals surface area (Å²) in [7, 11) is 0. The molecule has 1 amide bonds. The van der Waals surface area contributed by atoms with E-state index >= 15 is 0 Å². The molecule has 0 saturated carbocycles. The van der Waals surface area contributed by atoms with Crippen LogP contribution in [0.25, 0.3) is 10.8 Å². The molecule has 4 nitrogen and oxygen atoms in total. The first-order valence-electron chi connectivity index (χ1n) is 6.98. The van der Waals surface area contributed by atoms with Crippen molar-refractivity contribution in [2.45, 2.75) is 0 Å². The SMILES string of the molecule is O=C(Nc1cc(Br)c(Cl)cc1C(=O)O)c1ccc2ccccc2c1. The van der Waals surface area contributed by atoms with Gasteiger partial charge >= 0.3 is 5.97 Å². The lowest BCUT2D eigenvalue weighted by atomic mass is 10.1. The third-order valence-electron chi connectivity index (χ3n) is 3.55. The van der Waals surface area contributed by atoms with Crippen LogP contribution in [0.1, 0.15) is 20.7 Å². The Morgan fingerprint density at radius 3 is 2.42 bits per heavy atom. The van der Waals surface area contributed by atoms with Crippen molar-refractivity contribution in [3.8, 4) is 0 Å². The van der Waals surface area contributed by atoms with E-state index in [2.05, 4.69) is 21.2 Å². The van der Waals surface area contributed by atoms with Gasteiger partial charge in [-0.05, 0) is 51.0 Å². The third kappa shape index (κ3) is 3.27. The van der Waals surface area contributed by atoms with E-state index in [0.717, 1.165) is 10.8 Å². The van der Waals surface area contributed by atoms with E-state index in [0.29, 0.717) is 10.0 Å². The van der Waals surface area contributed by atoms with Crippen LogP contribution in [0.4, 0.5) is 5.69 Å². The lowest BCUT2D eigenvalue weighted by Crippen LogP contribution is -2.15. The van der Waals surface area contributed by atoms with E-state index in [9.17, 15) is 14.7 Å². The monoisotopic (exact) mass is 403 g/mol. The number of hydrogen-bond acceptors (Lipinski definition) is 2. The highest BCUT2D eigenvalue weighted by Crippen LogP contribution is 2.30. The Balaban J connectivity index is 1.96. The van der Waals surface area contributed by atoms with Gasteiger partial charge < -0.3 is 10.4 Å². The molecule has 3 aromatic rings. The molecule has 0 spiro atoms. The van der Waals surface area contributed by atoms with Gasteiger partial charge in [-0.25, -0.2) is 4.79 Å². The van der Waals surface area contributed by atoms with Crippen molar-refractivity contribution >= 4 is 55.9 Å². The van der Waals surface area contributed by atoms with Crippen LogP contribution < -0.4 is 5.32 Å². The summed E-state index contributed by atoms with van der Waals surface area (Å²) in [6.07, 6.45) is 0. The second kappa shape index (κ2) is 6.63. The quantitative estimate of drug-likeness (QED) is 0.630. The number of carbonyl (C=O) groups is 2. The summed E-state index contributed by atoms with van der Waals surface area (Å²) in [5.74, 6) is -1.56. The van der Waals surface area contributed by atoms with Crippen LogP contribution in [0.15, 0.2) is 59.1 Å². The molecular formula is C18H11BrClNO3. The van der Waals surface area contributed by atoms with Crippen LogP contribution in [0.2, 0.25) is 5.02 Å². The van der Waals surface area contributed by atoms with Crippen molar-refractivity contribution in [1.29, 1.82) is 0 Å². The van der Waals surface area contributed by atoms with Crippen molar-refractivity contribution < 1.29 is 14.7 Å². The zero-order valence-corrected chi connectivity index (χ0v) is 14.6. The molecule has 120 valence electrons. The summed E-state index contributed by atoms with van der Waals surface area (Å²) in [5, 5.41) is 14.1. The van der Waals surface area contributed by atoms with Crippen molar-refractivity contribution in [3.63, 3.8) is 0 Å². The van der Waals surface area contributed by atoms with Crippen molar-refractivity contribution in [2.75, 3.05) is 5.32 Å². The van der Waals surface area contributed by atoms with E-state index in [-0.39, 0.29) is 16.3 Å². The lowest BCUT2D eigenvalue weighted by Gasteiger charge is -2.11. The summed E-state index contributed by atoms with van der Waals surface area (Å²) in [6, 6.07) is 15.8. The van der Waals surface area contributed by atoms with Crippen molar-refractivity contribution in [3.05, 3.63) is 75.2 Å². The molecule has 2 N–H and O–H groups in total. The number of halogens is 2. The molecule has 0 aliphatic carbocycles. The van der Waals surface area contributed by atoms with Gasteiger partial charge in [-0.15, -0.1) is 0 Å². The van der Waals surface area contributed by atoms with E-state index in [1.807, 2.05) is 30.3 Å². The molecule has 0 aliphatic heterocycles. The highest BCUT2D eigenvalue weighted by atomic mass is 79.9. The van der Waals surface area contributed by atoms with Crippen molar-refractivity contribution in [1.82, 2.24) is 0 Å². The summed E-state index contributed by atoms with van der Waals surface area (Å²) >= 11 is 9.16. The fraction of sp³-hybridized carbons (Fsp3) is 0. The smallest absolute Gasteiger partial charge is 0.337 e. The Morgan fingerprint density at radius 1 is 1.00 bits per heavy atom. The Bertz CT molecular complexity index is 972. The summed E-state index contributed by atoms with van der Waals surface area (Å²) in [6.45, 7) is 0. The Kier molecular flexibility index (Phi) is 4.55. The van der Waals surface area contributed by atoms with Crippen molar-refractivity contribution in [2.24, 2.45) is 0 Å². The molecule has 0 aliphatic rings. The molecule has 3 aromatic carbocycles. The number of benzene rings is 3. The minimum Gasteiger partial charge on any atom is -0.478 e. The fourth-order valence-corrected chi connectivity index (χ4v) is 2.86. The third-order valence-corrected chi connectivity index (χ3v) is 4.75. The van der Waals surface area contributed by atoms with Crippen LogP contribution in [-0.2, 0) is 0 Å². The van der Waals surface area contributed by atoms with Gasteiger partial charge in [0.2, 0.25) is 0 Å². The van der Waals surface area contributed by atoms with Gasteiger partial charge in [0.05, 0.1) is 16.3 Å². The maximum Gasteiger partial charge on any atom is 0.337 e. The number of nitrogens with one attached hydrogen (secondary N) is 1. The maximum absolute atomic E-state index is 12.5. The summed E-state index contributed by atoms with van der Waals surface area (Å²) in [5.41, 5.74) is 0.547. The number of anilines is 1. The topological polar surface area (TPSA) is 66.4 Å². The first-order chi connectivity index (χ1) is 11.5. The molecule has 0 atom stereocenters. The molecule has 0 saturated heterocycles. The standard InChI is InChI=1S/C18H11BrClNO3/c19-14-9-16(13(18(23)24)8-15(14)20)21-17(22)12-6-5-10-3-1-2-4-11(10)7-12/h1-9H,(H,21,22)(H,23,24). The average Bonchev–Trinajstić information content (AvgIpc) is 2.57. The van der Waals surface area contributed by atoms with E-state index in [4.69, 9.17) is 11.6 Å². The normalized spacial score (nSPS) is 10.6. The number of carboxylic acid groups (broad SMARTS) is 1. The van der Waals surface area contributed by atoms with Gasteiger partial charge in [-0.2, -0.15) is 0 Å². The molecule has 6 heteroatoms. The zero-order valence-electron chi connectivity index (χ0n) is 12.2. The molecule has 0 aromatic heterocycles. The van der Waals surface area contributed by atoms with Crippen LogP contribution in [-0.4, -0.2) is 17.0 Å². The number of carbonyl (C=O) groups excluding carboxylic acids is 1. The molecule has 0 heterocycles. The summed E-state index contributed by atoms with van der Waals surface area (Å²) < 4.78 is 0.503. The minimum atomic E-state index is -1.17. The zero-order chi connectivity index (χ0) is 17.3. The largest absolute Gasteiger partial charge is 0.478 e. The number of fused-ring (bicyclic) bond motifs is 1. The first-order valence-corrected chi connectivity index (χ1v) is 8.15. The van der Waals surface area contributed by atoms with E-state index in [1.54, 1.807) is 12.1 Å². The predicted molar refractivity (Wildman–Crippen MR) is 98.0 cm³/mol. The van der Waals surface area contributed by atoms with E-state index < -0.39 is 11.9 Å². The van der Waals surface area contributed by atoms with Gasteiger partial charge in [0.25, 0.3) is 5.91 Å². The Hall–Kier alpha value is -2.37. The second-order valence-electron chi connectivity index (χ2n) is 5.13. The van der Waals surface area contributed by atoms with Gasteiger partial charge in [-0.1, -0.05) is 41.9 Å². The Labute approximate surface area is 151 Å². The van der Waals surface area contributed by atoms with Crippen LogP contribution >= 0.6 is 27.5 Å². The van der Waals surface area contributed by atoms with Gasteiger partial charge in [0.15, 0.2) is 0 Å². The number of aromatic carboxylic acids is 1. The van der Waals surface area contributed by atoms with Crippen LogP contribution in [0.3, 0.4) is 0 Å².